The van der Waals surface area contributed by atoms with Gasteiger partial charge in [0.1, 0.15) is 5.75 Å². The van der Waals surface area contributed by atoms with Gasteiger partial charge in [-0.3, -0.25) is 0 Å². The largest absolute Gasteiger partial charge is 0.493 e. The molecule has 2 atom stereocenters. The maximum atomic E-state index is 5.86. The van der Waals surface area contributed by atoms with Crippen LogP contribution in [-0.2, 0) is 0 Å². The summed E-state index contributed by atoms with van der Waals surface area (Å²) in [6, 6.07) is 9.08. The van der Waals surface area contributed by atoms with Gasteiger partial charge >= 0.3 is 0 Å². The van der Waals surface area contributed by atoms with Gasteiger partial charge in [0.05, 0.1) is 6.61 Å². The van der Waals surface area contributed by atoms with E-state index in [2.05, 4.69) is 50.4 Å². The van der Waals surface area contributed by atoms with Gasteiger partial charge in [0, 0.05) is 17.5 Å². The van der Waals surface area contributed by atoms with Crippen LogP contribution in [0.2, 0.25) is 0 Å². The summed E-state index contributed by atoms with van der Waals surface area (Å²) < 4.78 is 5.86. The van der Waals surface area contributed by atoms with Crippen molar-refractivity contribution in [3.63, 3.8) is 0 Å². The van der Waals surface area contributed by atoms with Crippen molar-refractivity contribution in [3.05, 3.63) is 29.8 Å². The van der Waals surface area contributed by atoms with Crippen molar-refractivity contribution >= 4 is 0 Å². The molecule has 1 aromatic carbocycles. The number of nitrogens with one attached hydrogen (secondary N) is 1. The molecule has 1 aliphatic heterocycles. The normalized spacial score (nSPS) is 18.9. The number of hydrogen-bond acceptors (Lipinski definition) is 2. The van der Waals surface area contributed by atoms with E-state index >= 15 is 0 Å². The number of ether oxygens (including phenoxy) is 1. The zero-order valence-electron chi connectivity index (χ0n) is 13.2. The quantitative estimate of drug-likeness (QED) is 0.761. The smallest absolute Gasteiger partial charge is 0.122 e. The molecule has 0 fully saturated rings. The Balaban J connectivity index is 1.99. The molecule has 0 amide bonds. The molecule has 2 unspecified atom stereocenters. The van der Waals surface area contributed by atoms with Gasteiger partial charge in [0.25, 0.3) is 0 Å². The van der Waals surface area contributed by atoms with Crippen molar-refractivity contribution < 1.29 is 4.74 Å². The molecule has 0 spiro atoms. The van der Waals surface area contributed by atoms with Crippen LogP contribution < -0.4 is 10.1 Å². The van der Waals surface area contributed by atoms with E-state index in [1.165, 1.54) is 31.2 Å². The van der Waals surface area contributed by atoms with Crippen LogP contribution in [0.1, 0.15) is 57.9 Å². The number of para-hydroxylation sites is 1. The molecular formula is C18H29NO. The summed E-state index contributed by atoms with van der Waals surface area (Å²) in [5.41, 5.74) is 1.39. The first-order valence-corrected chi connectivity index (χ1v) is 8.17. The van der Waals surface area contributed by atoms with Gasteiger partial charge in [-0.05, 0) is 31.4 Å². The van der Waals surface area contributed by atoms with Gasteiger partial charge in [0.15, 0.2) is 0 Å². The molecule has 20 heavy (non-hydrogen) atoms. The fourth-order valence-corrected chi connectivity index (χ4v) is 3.04. The first-order valence-electron chi connectivity index (χ1n) is 8.17. The Morgan fingerprint density at radius 1 is 1.25 bits per heavy atom. The lowest BCUT2D eigenvalue weighted by Gasteiger charge is -2.24. The van der Waals surface area contributed by atoms with Crippen LogP contribution >= 0.6 is 0 Å². The highest BCUT2D eigenvalue weighted by atomic mass is 16.5. The summed E-state index contributed by atoms with van der Waals surface area (Å²) in [6.07, 6.45) is 5.06. The van der Waals surface area contributed by atoms with Gasteiger partial charge in [-0.2, -0.15) is 0 Å². The van der Waals surface area contributed by atoms with E-state index in [4.69, 9.17) is 4.74 Å². The number of hydrogen-bond donors (Lipinski definition) is 1. The Labute approximate surface area is 123 Å². The molecular weight excluding hydrogens is 246 g/mol. The van der Waals surface area contributed by atoms with Crippen molar-refractivity contribution in [1.29, 1.82) is 0 Å². The van der Waals surface area contributed by atoms with E-state index in [1.54, 1.807) is 0 Å². The standard InChI is InChI=1S/C18H29NO/c1-4-12-19-17(10-7-8-14(2)3)16-13-20-18-11-6-5-9-15(16)18/h5-6,9,11,14,16-17,19H,4,7-8,10,12-13H2,1-3H3. The third kappa shape index (κ3) is 3.99. The predicted molar refractivity (Wildman–Crippen MR) is 85.4 cm³/mol. The van der Waals surface area contributed by atoms with Gasteiger partial charge in [-0.1, -0.05) is 51.8 Å². The topological polar surface area (TPSA) is 21.3 Å². The second-order valence-electron chi connectivity index (χ2n) is 6.34. The number of rotatable bonds is 8. The van der Waals surface area contributed by atoms with Gasteiger partial charge in [-0.15, -0.1) is 0 Å². The Morgan fingerprint density at radius 3 is 2.80 bits per heavy atom. The Morgan fingerprint density at radius 2 is 2.05 bits per heavy atom. The van der Waals surface area contributed by atoms with Crippen molar-refractivity contribution in [2.75, 3.05) is 13.2 Å². The average Bonchev–Trinajstić information content (AvgIpc) is 2.86. The minimum atomic E-state index is 0.518. The van der Waals surface area contributed by atoms with E-state index in [-0.39, 0.29) is 0 Å². The first kappa shape index (κ1) is 15.4. The fraction of sp³-hybridized carbons (Fsp3) is 0.667. The van der Waals surface area contributed by atoms with Crippen molar-refractivity contribution in [3.8, 4) is 5.75 Å². The van der Waals surface area contributed by atoms with E-state index in [0.29, 0.717) is 12.0 Å². The van der Waals surface area contributed by atoms with Gasteiger partial charge < -0.3 is 10.1 Å². The molecule has 1 heterocycles. The SMILES string of the molecule is CCCNC(CCCC(C)C)C1COc2ccccc21. The van der Waals surface area contributed by atoms with E-state index < -0.39 is 0 Å². The van der Waals surface area contributed by atoms with Crippen LogP contribution in [-0.4, -0.2) is 19.2 Å². The second kappa shape index (κ2) is 7.68. The lowest BCUT2D eigenvalue weighted by atomic mass is 9.89. The molecule has 0 saturated heterocycles. The zero-order valence-corrected chi connectivity index (χ0v) is 13.2. The number of benzene rings is 1. The summed E-state index contributed by atoms with van der Waals surface area (Å²) in [7, 11) is 0. The number of fused-ring (bicyclic) bond motifs is 1. The molecule has 112 valence electrons. The predicted octanol–water partition coefficient (Wildman–Crippen LogP) is 4.36. The summed E-state index contributed by atoms with van der Waals surface area (Å²) in [4.78, 5) is 0. The lowest BCUT2D eigenvalue weighted by molar-refractivity contribution is 0.287. The molecule has 1 aromatic rings. The van der Waals surface area contributed by atoms with Crippen LogP contribution in [0.25, 0.3) is 0 Å². The summed E-state index contributed by atoms with van der Waals surface area (Å²) in [5.74, 6) is 2.41. The first-order chi connectivity index (χ1) is 9.72. The molecule has 1 N–H and O–H groups in total. The monoisotopic (exact) mass is 275 g/mol. The van der Waals surface area contributed by atoms with Gasteiger partial charge in [0.2, 0.25) is 0 Å². The minimum absolute atomic E-state index is 0.518. The van der Waals surface area contributed by atoms with Crippen molar-refractivity contribution in [2.45, 2.75) is 58.4 Å². The molecule has 0 saturated carbocycles. The van der Waals surface area contributed by atoms with E-state index in [0.717, 1.165) is 24.8 Å². The van der Waals surface area contributed by atoms with Crippen LogP contribution in [0, 0.1) is 5.92 Å². The fourth-order valence-electron chi connectivity index (χ4n) is 3.04. The summed E-state index contributed by atoms with van der Waals surface area (Å²) in [5, 5.41) is 3.75. The second-order valence-corrected chi connectivity index (χ2v) is 6.34. The molecule has 0 aliphatic carbocycles. The Bertz CT molecular complexity index is 402. The summed E-state index contributed by atoms with van der Waals surface area (Å²) >= 11 is 0. The third-order valence-corrected chi connectivity index (χ3v) is 4.18. The highest BCUT2D eigenvalue weighted by Crippen LogP contribution is 2.36. The van der Waals surface area contributed by atoms with Crippen molar-refractivity contribution in [2.24, 2.45) is 5.92 Å². The van der Waals surface area contributed by atoms with Crippen LogP contribution in [0.5, 0.6) is 5.75 Å². The highest BCUT2D eigenvalue weighted by molar-refractivity contribution is 5.40. The molecule has 2 rings (SSSR count). The lowest BCUT2D eigenvalue weighted by Crippen LogP contribution is -2.36. The zero-order chi connectivity index (χ0) is 14.4. The van der Waals surface area contributed by atoms with Gasteiger partial charge in [-0.25, -0.2) is 0 Å². The molecule has 2 nitrogen and oxygen atoms in total. The van der Waals surface area contributed by atoms with Crippen LogP contribution in [0.3, 0.4) is 0 Å². The summed E-state index contributed by atoms with van der Waals surface area (Å²) in [6.45, 7) is 8.79. The molecule has 1 aliphatic rings. The average molecular weight is 275 g/mol. The Hall–Kier alpha value is -1.02. The molecule has 0 aromatic heterocycles. The van der Waals surface area contributed by atoms with Crippen LogP contribution in [0.4, 0.5) is 0 Å². The Kier molecular flexibility index (Phi) is 5.90. The molecule has 0 radical (unpaired) electrons. The minimum Gasteiger partial charge on any atom is -0.493 e. The highest BCUT2D eigenvalue weighted by Gasteiger charge is 2.30. The third-order valence-electron chi connectivity index (χ3n) is 4.18. The van der Waals surface area contributed by atoms with E-state index in [1.807, 2.05) is 0 Å². The maximum Gasteiger partial charge on any atom is 0.122 e. The molecule has 0 bridgehead atoms. The van der Waals surface area contributed by atoms with Crippen LogP contribution in [0.15, 0.2) is 24.3 Å². The van der Waals surface area contributed by atoms with Crippen molar-refractivity contribution in [1.82, 2.24) is 5.32 Å². The molecule has 2 heteroatoms. The van der Waals surface area contributed by atoms with E-state index in [9.17, 15) is 0 Å². The maximum absolute atomic E-state index is 5.86.